The van der Waals surface area contributed by atoms with Crippen LogP contribution in [0.15, 0.2) is 24.3 Å². The molecule has 0 unspecified atom stereocenters. The summed E-state index contributed by atoms with van der Waals surface area (Å²) < 4.78 is 9.65. The van der Waals surface area contributed by atoms with Gasteiger partial charge in [0.2, 0.25) is 0 Å². The number of hydrogen-bond acceptors (Lipinski definition) is 7. The van der Waals surface area contributed by atoms with Gasteiger partial charge in [0.05, 0.1) is 6.61 Å². The van der Waals surface area contributed by atoms with Gasteiger partial charge in [0, 0.05) is 12.1 Å². The number of benzene rings is 1. The van der Waals surface area contributed by atoms with E-state index in [0.717, 1.165) is 5.56 Å². The smallest absolute Gasteiger partial charge is 0.307 e. The maximum absolute atomic E-state index is 11.4. The molecule has 0 saturated carbocycles. The standard InChI is InChI=1S/C13H18N2O6/c14-12-6-2-1-4-11(12)5-3-7-13(16)20-10-19-8-9-21-15(17)18/h1-2,4,6H,3,5,7-10,14H2. The first-order chi connectivity index (χ1) is 10.1. The zero-order valence-corrected chi connectivity index (χ0v) is 11.5. The molecule has 1 aromatic carbocycles. The number of nitrogens with two attached hydrogens (primary N) is 1. The molecule has 0 bridgehead atoms. The van der Waals surface area contributed by atoms with Crippen molar-refractivity contribution in [3.05, 3.63) is 39.9 Å². The highest BCUT2D eigenvalue weighted by Crippen LogP contribution is 2.13. The predicted octanol–water partition coefficient (Wildman–Crippen LogP) is 1.32. The molecule has 1 rings (SSSR count). The molecule has 8 heteroatoms. The second-order valence-electron chi connectivity index (χ2n) is 4.15. The van der Waals surface area contributed by atoms with E-state index >= 15 is 0 Å². The molecule has 0 heterocycles. The minimum absolute atomic E-state index is 0.0190. The molecule has 21 heavy (non-hydrogen) atoms. The van der Waals surface area contributed by atoms with E-state index in [1.165, 1.54) is 0 Å². The zero-order chi connectivity index (χ0) is 15.5. The van der Waals surface area contributed by atoms with Crippen molar-refractivity contribution < 1.29 is 24.2 Å². The molecule has 2 N–H and O–H groups in total. The molecule has 0 saturated heterocycles. The Bertz CT molecular complexity index is 466. The lowest BCUT2D eigenvalue weighted by atomic mass is 10.1. The fraction of sp³-hybridized carbons (Fsp3) is 0.462. The second-order valence-corrected chi connectivity index (χ2v) is 4.15. The lowest BCUT2D eigenvalue weighted by Crippen LogP contribution is -2.13. The first kappa shape index (κ1) is 16.7. The van der Waals surface area contributed by atoms with Crippen LogP contribution >= 0.6 is 0 Å². The van der Waals surface area contributed by atoms with Gasteiger partial charge in [0.25, 0.3) is 5.09 Å². The van der Waals surface area contributed by atoms with E-state index in [9.17, 15) is 14.9 Å². The van der Waals surface area contributed by atoms with E-state index in [2.05, 4.69) is 4.84 Å². The topological polar surface area (TPSA) is 114 Å². The van der Waals surface area contributed by atoms with Crippen LogP contribution in [0, 0.1) is 10.1 Å². The van der Waals surface area contributed by atoms with Gasteiger partial charge < -0.3 is 20.0 Å². The third-order valence-corrected chi connectivity index (χ3v) is 2.61. The molecular formula is C13H18N2O6. The van der Waals surface area contributed by atoms with Crippen LogP contribution in [0.25, 0.3) is 0 Å². The highest BCUT2D eigenvalue weighted by atomic mass is 17.0. The highest BCUT2D eigenvalue weighted by Gasteiger charge is 2.04. The van der Waals surface area contributed by atoms with Crippen LogP contribution in [-0.4, -0.2) is 31.1 Å². The molecule has 0 aliphatic carbocycles. The number of para-hydroxylation sites is 1. The Morgan fingerprint density at radius 1 is 1.29 bits per heavy atom. The Morgan fingerprint density at radius 2 is 2.05 bits per heavy atom. The van der Waals surface area contributed by atoms with E-state index in [-0.39, 0.29) is 32.4 Å². The van der Waals surface area contributed by atoms with E-state index in [4.69, 9.17) is 15.2 Å². The number of ether oxygens (including phenoxy) is 2. The van der Waals surface area contributed by atoms with Gasteiger partial charge in [-0.05, 0) is 24.5 Å². The summed E-state index contributed by atoms with van der Waals surface area (Å²) in [5, 5.41) is 8.92. The van der Waals surface area contributed by atoms with Crippen molar-refractivity contribution in [3.8, 4) is 0 Å². The van der Waals surface area contributed by atoms with Gasteiger partial charge in [-0.1, -0.05) is 18.2 Å². The number of nitrogens with zero attached hydrogens (tertiary/aromatic N) is 1. The number of carbonyl (C=O) groups excluding carboxylic acids is 1. The second kappa shape index (κ2) is 9.54. The van der Waals surface area contributed by atoms with Crippen molar-refractivity contribution in [1.82, 2.24) is 0 Å². The zero-order valence-electron chi connectivity index (χ0n) is 11.5. The van der Waals surface area contributed by atoms with Crippen molar-refractivity contribution in [1.29, 1.82) is 0 Å². The van der Waals surface area contributed by atoms with E-state index in [0.29, 0.717) is 18.5 Å². The molecular weight excluding hydrogens is 280 g/mol. The average molecular weight is 298 g/mol. The van der Waals surface area contributed by atoms with E-state index in [1.54, 1.807) is 0 Å². The van der Waals surface area contributed by atoms with Crippen LogP contribution in [-0.2, 0) is 25.5 Å². The maximum atomic E-state index is 11.4. The first-order valence-electron chi connectivity index (χ1n) is 6.43. The van der Waals surface area contributed by atoms with Crippen molar-refractivity contribution in [2.45, 2.75) is 19.3 Å². The molecule has 0 aromatic heterocycles. The first-order valence-corrected chi connectivity index (χ1v) is 6.43. The summed E-state index contributed by atoms with van der Waals surface area (Å²) in [6.07, 6.45) is 1.57. The number of aryl methyl sites for hydroxylation is 1. The van der Waals surface area contributed by atoms with Crippen LogP contribution in [0.1, 0.15) is 18.4 Å². The fourth-order valence-corrected chi connectivity index (χ4v) is 1.59. The minimum Gasteiger partial charge on any atom is -0.438 e. The Morgan fingerprint density at radius 3 is 2.76 bits per heavy atom. The van der Waals surface area contributed by atoms with Crippen molar-refractivity contribution in [2.75, 3.05) is 25.7 Å². The summed E-state index contributed by atoms with van der Waals surface area (Å²) >= 11 is 0. The van der Waals surface area contributed by atoms with Gasteiger partial charge in [-0.3, -0.25) is 4.79 Å². The molecule has 116 valence electrons. The molecule has 8 nitrogen and oxygen atoms in total. The number of esters is 1. The number of hydrogen-bond donors (Lipinski definition) is 1. The third kappa shape index (κ3) is 7.73. The van der Waals surface area contributed by atoms with Crippen molar-refractivity contribution in [2.24, 2.45) is 0 Å². The molecule has 0 radical (unpaired) electrons. The van der Waals surface area contributed by atoms with Gasteiger partial charge >= 0.3 is 5.97 Å². The molecule has 0 spiro atoms. The number of rotatable bonds is 10. The SMILES string of the molecule is Nc1ccccc1CCCC(=O)OCOCCO[N+](=O)[O-]. The van der Waals surface area contributed by atoms with Crippen LogP contribution in [0.4, 0.5) is 5.69 Å². The number of nitrogen functional groups attached to an aromatic ring is 1. The van der Waals surface area contributed by atoms with Crippen LogP contribution < -0.4 is 5.73 Å². The summed E-state index contributed by atoms with van der Waals surface area (Å²) in [5.41, 5.74) is 7.50. The van der Waals surface area contributed by atoms with Gasteiger partial charge in [-0.15, -0.1) is 10.1 Å². The van der Waals surface area contributed by atoms with E-state index < -0.39 is 5.09 Å². The quantitative estimate of drug-likeness (QED) is 0.173. The van der Waals surface area contributed by atoms with Crippen LogP contribution in [0.2, 0.25) is 0 Å². The number of anilines is 1. The van der Waals surface area contributed by atoms with Crippen LogP contribution in [0.5, 0.6) is 0 Å². The molecule has 0 fully saturated rings. The van der Waals surface area contributed by atoms with E-state index in [1.807, 2.05) is 24.3 Å². The molecule has 1 aromatic rings. The molecule has 0 amide bonds. The summed E-state index contributed by atoms with van der Waals surface area (Å²) in [6.45, 7) is -0.458. The molecule has 0 aliphatic rings. The van der Waals surface area contributed by atoms with Gasteiger partial charge in [-0.2, -0.15) is 0 Å². The summed E-state index contributed by atoms with van der Waals surface area (Å²) in [6, 6.07) is 7.48. The largest absolute Gasteiger partial charge is 0.438 e. The summed E-state index contributed by atoms with van der Waals surface area (Å²) in [7, 11) is 0. The predicted molar refractivity (Wildman–Crippen MR) is 73.6 cm³/mol. The minimum atomic E-state index is -0.912. The highest BCUT2D eigenvalue weighted by molar-refractivity contribution is 5.69. The van der Waals surface area contributed by atoms with Gasteiger partial charge in [-0.25, -0.2) is 0 Å². The number of carbonyl (C=O) groups is 1. The van der Waals surface area contributed by atoms with Gasteiger partial charge in [0.1, 0.15) is 6.61 Å². The molecule has 0 atom stereocenters. The van der Waals surface area contributed by atoms with Crippen molar-refractivity contribution in [3.63, 3.8) is 0 Å². The Balaban J connectivity index is 2.04. The average Bonchev–Trinajstić information content (AvgIpc) is 2.44. The fourth-order valence-electron chi connectivity index (χ4n) is 1.59. The summed E-state index contributed by atoms with van der Waals surface area (Å²) in [5.74, 6) is -0.389. The normalized spacial score (nSPS) is 10.1. The Labute approximate surface area is 121 Å². The monoisotopic (exact) mass is 298 g/mol. The lowest BCUT2D eigenvalue weighted by molar-refractivity contribution is -0.758. The molecule has 0 aliphatic heterocycles. The van der Waals surface area contributed by atoms with Crippen LogP contribution in [0.3, 0.4) is 0 Å². The maximum Gasteiger partial charge on any atom is 0.307 e. The Kier molecular flexibility index (Phi) is 7.59. The Hall–Kier alpha value is -2.35. The third-order valence-electron chi connectivity index (χ3n) is 2.61. The van der Waals surface area contributed by atoms with Crippen molar-refractivity contribution >= 4 is 11.7 Å². The summed E-state index contributed by atoms with van der Waals surface area (Å²) in [4.78, 5) is 25.2. The van der Waals surface area contributed by atoms with Gasteiger partial charge in [0.15, 0.2) is 6.79 Å². The lowest BCUT2D eigenvalue weighted by Gasteiger charge is -2.07.